The fourth-order valence-electron chi connectivity index (χ4n) is 2.86. The van der Waals surface area contributed by atoms with Crippen molar-refractivity contribution in [3.63, 3.8) is 0 Å². The van der Waals surface area contributed by atoms with Crippen molar-refractivity contribution < 1.29 is 0 Å². The van der Waals surface area contributed by atoms with E-state index in [9.17, 15) is 0 Å². The first-order valence-electron chi connectivity index (χ1n) is 7.10. The molecule has 0 bridgehead atoms. The maximum atomic E-state index is 9.04. The molecule has 0 saturated carbocycles. The molecule has 0 aliphatic heterocycles. The second-order valence-electron chi connectivity index (χ2n) is 5.27. The fourth-order valence-corrected chi connectivity index (χ4v) is 2.86. The molecule has 2 aromatic carbocycles. The van der Waals surface area contributed by atoms with Crippen molar-refractivity contribution in [1.29, 1.82) is 5.26 Å². The van der Waals surface area contributed by atoms with Gasteiger partial charge in [0, 0.05) is 0 Å². The molecule has 0 fully saturated rings. The number of nitriles is 1. The minimum atomic E-state index is 0.0736. The van der Waals surface area contributed by atoms with Gasteiger partial charge in [0.25, 0.3) is 0 Å². The van der Waals surface area contributed by atoms with E-state index in [-0.39, 0.29) is 11.5 Å². The largest absolute Gasteiger partial charge is 0.381 e. The number of benzene rings is 2. The smallest absolute Gasteiger partial charge is 0.205 e. The van der Waals surface area contributed by atoms with Crippen LogP contribution in [0.2, 0.25) is 0 Å². The van der Waals surface area contributed by atoms with E-state index < -0.39 is 0 Å². The number of aryl methyl sites for hydroxylation is 1. The highest BCUT2D eigenvalue weighted by atomic mass is 15.3. The van der Waals surface area contributed by atoms with E-state index in [1.54, 1.807) is 0 Å². The third-order valence-electron chi connectivity index (χ3n) is 3.92. The first-order chi connectivity index (χ1) is 11.2. The van der Waals surface area contributed by atoms with Crippen molar-refractivity contribution in [3.8, 4) is 17.2 Å². The summed E-state index contributed by atoms with van der Waals surface area (Å²) < 4.78 is 1.48. The van der Waals surface area contributed by atoms with Crippen molar-refractivity contribution in [2.75, 3.05) is 5.73 Å². The number of hydrogen-bond acceptors (Lipinski definition) is 5. The lowest BCUT2D eigenvalue weighted by Crippen LogP contribution is -2.06. The second kappa shape index (κ2) is 4.78. The van der Waals surface area contributed by atoms with Crippen molar-refractivity contribution in [3.05, 3.63) is 53.9 Å². The monoisotopic (exact) mass is 300 g/mol. The third kappa shape index (κ3) is 1.84. The normalized spacial score (nSPS) is 11.0. The van der Waals surface area contributed by atoms with Crippen LogP contribution in [0.15, 0.2) is 42.5 Å². The van der Waals surface area contributed by atoms with Crippen LogP contribution in [0, 0.1) is 18.3 Å². The average molecular weight is 300 g/mol. The fraction of sp³-hybridized carbons (Fsp3) is 0.0588. The Morgan fingerprint density at radius 2 is 1.87 bits per heavy atom. The van der Waals surface area contributed by atoms with E-state index in [0.29, 0.717) is 5.65 Å². The van der Waals surface area contributed by atoms with Crippen LogP contribution in [0.3, 0.4) is 0 Å². The Kier molecular flexibility index (Phi) is 2.75. The molecule has 6 nitrogen and oxygen atoms in total. The molecule has 0 aliphatic rings. The number of hydrogen-bond donors (Lipinski definition) is 1. The Labute approximate surface area is 131 Å². The molecule has 0 atom stereocenters. The summed E-state index contributed by atoms with van der Waals surface area (Å²) in [6.45, 7) is 1.90. The molecule has 0 radical (unpaired) electrons. The topological polar surface area (TPSA) is 92.9 Å². The first kappa shape index (κ1) is 13.2. The number of rotatable bonds is 1. The maximum Gasteiger partial charge on any atom is 0.205 e. The molecule has 110 valence electrons. The van der Waals surface area contributed by atoms with Gasteiger partial charge in [-0.15, -0.1) is 10.2 Å². The minimum Gasteiger partial charge on any atom is -0.381 e. The number of fused-ring (bicyclic) bond motifs is 2. The highest BCUT2D eigenvalue weighted by Gasteiger charge is 2.18. The second-order valence-corrected chi connectivity index (χ2v) is 5.27. The summed E-state index contributed by atoms with van der Waals surface area (Å²) in [7, 11) is 0. The molecule has 2 heterocycles. The van der Waals surface area contributed by atoms with Crippen molar-refractivity contribution in [2.24, 2.45) is 0 Å². The third-order valence-corrected chi connectivity index (χ3v) is 3.92. The SMILES string of the molecule is Cc1nn2c(N)c(C#N)nnc2c1-c1cccc2ccccc12. The van der Waals surface area contributed by atoms with Gasteiger partial charge in [-0.25, -0.2) is 0 Å². The average Bonchev–Trinajstić information content (AvgIpc) is 2.92. The molecule has 4 rings (SSSR count). The standard InChI is InChI=1S/C17H12N6/c1-10-15(13-8-4-6-11-5-2-3-7-12(11)13)17-21-20-14(9-18)16(19)23(17)22-10/h2-8H,19H2,1H3. The van der Waals surface area contributed by atoms with Crippen LogP contribution in [0.4, 0.5) is 5.82 Å². The molecule has 2 aromatic heterocycles. The van der Waals surface area contributed by atoms with Gasteiger partial charge >= 0.3 is 0 Å². The molecule has 0 spiro atoms. The molecule has 2 N–H and O–H groups in total. The zero-order valence-electron chi connectivity index (χ0n) is 12.4. The van der Waals surface area contributed by atoms with Crippen molar-refractivity contribution in [1.82, 2.24) is 19.8 Å². The van der Waals surface area contributed by atoms with Crippen molar-refractivity contribution >= 4 is 22.2 Å². The Morgan fingerprint density at radius 1 is 1.09 bits per heavy atom. The van der Waals surface area contributed by atoms with E-state index >= 15 is 0 Å². The highest BCUT2D eigenvalue weighted by Crippen LogP contribution is 2.33. The molecule has 0 aliphatic carbocycles. The van der Waals surface area contributed by atoms with Crippen LogP contribution in [0.25, 0.3) is 27.5 Å². The molecule has 0 unspecified atom stereocenters. The van der Waals surface area contributed by atoms with E-state index in [0.717, 1.165) is 27.6 Å². The van der Waals surface area contributed by atoms with Gasteiger partial charge in [-0.05, 0) is 23.3 Å². The first-order valence-corrected chi connectivity index (χ1v) is 7.10. The Balaban J connectivity index is 2.12. The van der Waals surface area contributed by atoms with E-state index in [1.165, 1.54) is 4.52 Å². The lowest BCUT2D eigenvalue weighted by Gasteiger charge is -2.06. The van der Waals surface area contributed by atoms with Gasteiger partial charge in [0.2, 0.25) is 5.69 Å². The predicted molar refractivity (Wildman–Crippen MR) is 87.6 cm³/mol. The van der Waals surface area contributed by atoms with Crippen LogP contribution in [-0.2, 0) is 0 Å². The maximum absolute atomic E-state index is 9.04. The van der Waals surface area contributed by atoms with Gasteiger partial charge in [-0.3, -0.25) is 0 Å². The molecule has 4 aromatic rings. The number of anilines is 1. The zero-order chi connectivity index (χ0) is 16.0. The quantitative estimate of drug-likeness (QED) is 0.583. The molecule has 23 heavy (non-hydrogen) atoms. The Hall–Kier alpha value is -3.46. The van der Waals surface area contributed by atoms with Gasteiger partial charge in [0.15, 0.2) is 11.5 Å². The summed E-state index contributed by atoms with van der Waals surface area (Å²) in [5, 5.41) is 23.8. The van der Waals surface area contributed by atoms with Gasteiger partial charge in [0.1, 0.15) is 6.07 Å². The summed E-state index contributed by atoms with van der Waals surface area (Å²) in [5.41, 5.74) is 9.29. The molecule has 0 saturated heterocycles. The Morgan fingerprint density at radius 3 is 2.70 bits per heavy atom. The van der Waals surface area contributed by atoms with Crippen LogP contribution in [0.1, 0.15) is 11.4 Å². The predicted octanol–water partition coefficient (Wildman–Crippen LogP) is 2.71. The van der Waals surface area contributed by atoms with Crippen LogP contribution >= 0.6 is 0 Å². The molecular formula is C17H12N6. The molecule has 6 heteroatoms. The minimum absolute atomic E-state index is 0.0736. The summed E-state index contributed by atoms with van der Waals surface area (Å²) in [5.74, 6) is 0.201. The number of nitrogens with zero attached hydrogens (tertiary/aromatic N) is 5. The summed E-state index contributed by atoms with van der Waals surface area (Å²) in [4.78, 5) is 0. The van der Waals surface area contributed by atoms with Crippen LogP contribution in [-0.4, -0.2) is 19.8 Å². The van der Waals surface area contributed by atoms with Crippen LogP contribution in [0.5, 0.6) is 0 Å². The van der Waals surface area contributed by atoms with E-state index in [4.69, 9.17) is 11.0 Å². The molecular weight excluding hydrogens is 288 g/mol. The summed E-state index contributed by atoms with van der Waals surface area (Å²) in [6, 6.07) is 16.2. The van der Waals surface area contributed by atoms with Crippen molar-refractivity contribution in [2.45, 2.75) is 6.92 Å². The number of aromatic nitrogens is 4. The lowest BCUT2D eigenvalue weighted by molar-refractivity contribution is 0.879. The molecule has 0 amide bonds. The van der Waals surface area contributed by atoms with E-state index in [2.05, 4.69) is 33.5 Å². The Bertz CT molecular complexity index is 1100. The van der Waals surface area contributed by atoms with Gasteiger partial charge in [-0.2, -0.15) is 14.9 Å². The van der Waals surface area contributed by atoms with Gasteiger partial charge in [0.05, 0.1) is 11.3 Å². The van der Waals surface area contributed by atoms with E-state index in [1.807, 2.05) is 37.3 Å². The summed E-state index contributed by atoms with van der Waals surface area (Å²) in [6.07, 6.45) is 0. The zero-order valence-corrected chi connectivity index (χ0v) is 12.4. The lowest BCUT2D eigenvalue weighted by atomic mass is 9.98. The van der Waals surface area contributed by atoms with Crippen LogP contribution < -0.4 is 5.73 Å². The highest BCUT2D eigenvalue weighted by molar-refractivity contribution is 6.00. The number of nitrogen functional groups attached to an aromatic ring is 1. The van der Waals surface area contributed by atoms with Gasteiger partial charge in [-0.1, -0.05) is 42.5 Å². The summed E-state index contributed by atoms with van der Waals surface area (Å²) >= 11 is 0. The number of nitrogens with two attached hydrogens (primary N) is 1. The van der Waals surface area contributed by atoms with Gasteiger partial charge < -0.3 is 5.73 Å².